The van der Waals surface area contributed by atoms with E-state index in [1.54, 1.807) is 10.9 Å². The molecule has 9 heteroatoms. The first-order valence-electron chi connectivity index (χ1n) is 10.3. The molecule has 2 aliphatic rings. The number of nitrogens with zero attached hydrogens (tertiary/aromatic N) is 7. The van der Waals surface area contributed by atoms with E-state index in [1.807, 2.05) is 62.0 Å². The lowest BCUT2D eigenvalue weighted by Gasteiger charge is -2.15. The van der Waals surface area contributed by atoms with Crippen LogP contribution in [0.3, 0.4) is 0 Å². The minimum absolute atomic E-state index is 0.0138. The number of aromatic nitrogens is 7. The lowest BCUT2D eigenvalue weighted by Crippen LogP contribution is -2.09. The van der Waals surface area contributed by atoms with Gasteiger partial charge in [0.2, 0.25) is 0 Å². The minimum Gasteiger partial charge on any atom is -0.363 e. The highest BCUT2D eigenvalue weighted by atomic mass is 15.3. The van der Waals surface area contributed by atoms with Gasteiger partial charge in [-0.25, -0.2) is 9.97 Å². The van der Waals surface area contributed by atoms with Crippen molar-refractivity contribution in [3.05, 3.63) is 66.7 Å². The Balaban J connectivity index is 1.58. The SMILES string of the molecule is CC1Nc2ccc(cn2)-c2nn(C)cc2-c2cnc3ccc(nc3c2)Nc2cc1cnn2. The Morgan fingerprint density at radius 2 is 1.75 bits per heavy atom. The predicted molar refractivity (Wildman–Crippen MR) is 122 cm³/mol. The molecule has 0 aromatic carbocycles. The molecule has 2 N–H and O–H groups in total. The van der Waals surface area contributed by atoms with Crippen molar-refractivity contribution < 1.29 is 0 Å². The molecule has 0 amide bonds. The molecule has 0 radical (unpaired) electrons. The smallest absolute Gasteiger partial charge is 0.154 e. The van der Waals surface area contributed by atoms with E-state index >= 15 is 0 Å². The van der Waals surface area contributed by atoms with Gasteiger partial charge in [-0.2, -0.15) is 10.2 Å². The van der Waals surface area contributed by atoms with Crippen LogP contribution in [-0.4, -0.2) is 34.9 Å². The van der Waals surface area contributed by atoms with Crippen molar-refractivity contribution in [2.75, 3.05) is 10.6 Å². The van der Waals surface area contributed by atoms with Gasteiger partial charge in [-0.1, -0.05) is 0 Å². The summed E-state index contributed by atoms with van der Waals surface area (Å²) in [4.78, 5) is 14.0. The van der Waals surface area contributed by atoms with Crippen LogP contribution in [0.5, 0.6) is 0 Å². The number of anilines is 3. The zero-order valence-electron chi connectivity index (χ0n) is 17.5. The summed E-state index contributed by atoms with van der Waals surface area (Å²) >= 11 is 0. The second-order valence-corrected chi connectivity index (χ2v) is 7.82. The summed E-state index contributed by atoms with van der Waals surface area (Å²) in [5.41, 5.74) is 6.26. The van der Waals surface area contributed by atoms with E-state index in [2.05, 4.69) is 42.8 Å². The molecule has 1 unspecified atom stereocenters. The average Bonchev–Trinajstić information content (AvgIpc) is 3.20. The van der Waals surface area contributed by atoms with Crippen molar-refractivity contribution in [1.29, 1.82) is 0 Å². The normalized spacial score (nSPS) is 14.8. The van der Waals surface area contributed by atoms with E-state index in [1.165, 1.54) is 0 Å². The van der Waals surface area contributed by atoms with Crippen LogP contribution in [-0.2, 0) is 7.05 Å². The fourth-order valence-corrected chi connectivity index (χ4v) is 3.87. The van der Waals surface area contributed by atoms with Gasteiger partial charge in [0.1, 0.15) is 17.3 Å². The number of pyridine rings is 3. The van der Waals surface area contributed by atoms with E-state index in [4.69, 9.17) is 4.98 Å². The maximum absolute atomic E-state index is 4.76. The molecule has 156 valence electrons. The van der Waals surface area contributed by atoms with Gasteiger partial charge in [0.15, 0.2) is 5.82 Å². The monoisotopic (exact) mass is 421 g/mol. The predicted octanol–water partition coefficient (Wildman–Crippen LogP) is 4.11. The standard InChI is InChI=1S/C23H19N9/c1-13-15-8-22(30-26-11-15)29-21-6-4-18-19(28-21)7-16(10-24-18)17-12-32(2)31-23(17)14-3-5-20(27-13)25-9-14/h3-13H,1-2H3,(H,25,27)(H,28,29,30). The van der Waals surface area contributed by atoms with Crippen molar-refractivity contribution in [2.45, 2.75) is 13.0 Å². The molecule has 9 nitrogen and oxygen atoms in total. The highest BCUT2D eigenvalue weighted by Gasteiger charge is 2.16. The summed E-state index contributed by atoms with van der Waals surface area (Å²) in [6.45, 7) is 2.06. The van der Waals surface area contributed by atoms with Crippen LogP contribution in [0.15, 0.2) is 61.2 Å². The van der Waals surface area contributed by atoms with Crippen LogP contribution in [0.2, 0.25) is 0 Å². The van der Waals surface area contributed by atoms with Crippen molar-refractivity contribution >= 4 is 28.5 Å². The van der Waals surface area contributed by atoms with Crippen LogP contribution in [0.4, 0.5) is 17.5 Å². The number of nitrogens with one attached hydrogen (secondary N) is 2. The highest BCUT2D eigenvalue weighted by molar-refractivity contribution is 5.86. The van der Waals surface area contributed by atoms with Crippen LogP contribution >= 0.6 is 0 Å². The Kier molecular flexibility index (Phi) is 4.07. The number of fused-ring (bicyclic) bond motifs is 3. The number of aryl methyl sites for hydroxylation is 1. The first-order chi connectivity index (χ1) is 15.6. The molecule has 0 saturated carbocycles. The summed E-state index contributed by atoms with van der Waals surface area (Å²) in [7, 11) is 1.91. The van der Waals surface area contributed by atoms with Gasteiger partial charge in [-0.15, -0.1) is 5.10 Å². The molecule has 0 saturated heterocycles. The highest BCUT2D eigenvalue weighted by Crippen LogP contribution is 2.32. The third-order valence-electron chi connectivity index (χ3n) is 5.51. The summed E-state index contributed by atoms with van der Waals surface area (Å²) in [5.74, 6) is 2.06. The fraction of sp³-hybridized carbons (Fsp3) is 0.130. The van der Waals surface area contributed by atoms with Gasteiger partial charge < -0.3 is 10.6 Å². The maximum atomic E-state index is 4.76. The number of hydrogen-bond acceptors (Lipinski definition) is 8. The van der Waals surface area contributed by atoms with Crippen molar-refractivity contribution in [1.82, 2.24) is 34.9 Å². The van der Waals surface area contributed by atoms with Crippen molar-refractivity contribution in [3.63, 3.8) is 0 Å². The minimum atomic E-state index is -0.0138. The van der Waals surface area contributed by atoms with Gasteiger partial charge in [0.05, 0.1) is 23.3 Å². The van der Waals surface area contributed by atoms with Crippen LogP contribution < -0.4 is 10.6 Å². The summed E-state index contributed by atoms with van der Waals surface area (Å²) < 4.78 is 1.80. The Labute approximate surface area is 183 Å². The molecule has 1 atom stereocenters. The summed E-state index contributed by atoms with van der Waals surface area (Å²) in [6.07, 6.45) is 7.42. The lowest BCUT2D eigenvalue weighted by atomic mass is 10.0. The summed E-state index contributed by atoms with van der Waals surface area (Å²) in [5, 5.41) is 19.7. The Morgan fingerprint density at radius 3 is 2.62 bits per heavy atom. The molecule has 2 aliphatic heterocycles. The van der Waals surface area contributed by atoms with Crippen molar-refractivity contribution in [3.8, 4) is 22.4 Å². The molecule has 7 rings (SSSR count). The Hall–Kier alpha value is -4.40. The van der Waals surface area contributed by atoms with Crippen LogP contribution in [0, 0.1) is 0 Å². The molecule has 7 bridgehead atoms. The van der Waals surface area contributed by atoms with Gasteiger partial charge in [0, 0.05) is 42.3 Å². The zero-order chi connectivity index (χ0) is 21.7. The number of hydrogen-bond donors (Lipinski definition) is 2. The van der Waals surface area contributed by atoms with Crippen LogP contribution in [0.25, 0.3) is 33.4 Å². The largest absolute Gasteiger partial charge is 0.363 e. The third-order valence-corrected chi connectivity index (χ3v) is 5.51. The van der Waals surface area contributed by atoms with Gasteiger partial charge in [0.25, 0.3) is 0 Å². The van der Waals surface area contributed by atoms with E-state index in [0.29, 0.717) is 11.6 Å². The van der Waals surface area contributed by atoms with Gasteiger partial charge in [-0.3, -0.25) is 9.67 Å². The number of rotatable bonds is 0. The van der Waals surface area contributed by atoms with Gasteiger partial charge in [-0.05, 0) is 48.9 Å². The molecule has 0 fully saturated rings. The molecule has 0 aliphatic carbocycles. The molecule has 5 aromatic rings. The second kappa shape index (κ2) is 7.09. The second-order valence-electron chi connectivity index (χ2n) is 7.82. The topological polar surface area (TPSA) is 106 Å². The molecular weight excluding hydrogens is 402 g/mol. The summed E-state index contributed by atoms with van der Waals surface area (Å²) in [6, 6.07) is 11.8. The first kappa shape index (κ1) is 18.4. The third kappa shape index (κ3) is 3.20. The molecule has 0 spiro atoms. The van der Waals surface area contributed by atoms with Crippen LogP contribution in [0.1, 0.15) is 18.5 Å². The molecule has 7 heterocycles. The first-order valence-corrected chi connectivity index (χ1v) is 10.3. The molecule has 32 heavy (non-hydrogen) atoms. The molecule has 5 aromatic heterocycles. The van der Waals surface area contributed by atoms with E-state index < -0.39 is 0 Å². The van der Waals surface area contributed by atoms with Crippen molar-refractivity contribution in [2.24, 2.45) is 7.05 Å². The van der Waals surface area contributed by atoms with E-state index in [9.17, 15) is 0 Å². The van der Waals surface area contributed by atoms with Gasteiger partial charge >= 0.3 is 0 Å². The fourth-order valence-electron chi connectivity index (χ4n) is 3.87. The molecular formula is C23H19N9. The average molecular weight is 421 g/mol. The van der Waals surface area contributed by atoms with E-state index in [0.717, 1.165) is 44.8 Å². The zero-order valence-corrected chi connectivity index (χ0v) is 17.5. The van der Waals surface area contributed by atoms with E-state index in [-0.39, 0.29) is 6.04 Å². The maximum Gasteiger partial charge on any atom is 0.154 e. The lowest BCUT2D eigenvalue weighted by molar-refractivity contribution is 0.771. The quantitative estimate of drug-likeness (QED) is 0.385. The Morgan fingerprint density at radius 1 is 0.875 bits per heavy atom. The Bertz CT molecular complexity index is 1460.